The minimum absolute atomic E-state index is 0.0547. The monoisotopic (exact) mass is 332 g/mol. The number of rotatable bonds is 4. The first-order valence-corrected chi connectivity index (χ1v) is 8.70. The Morgan fingerprint density at radius 3 is 2.96 bits per heavy atom. The van der Waals surface area contributed by atoms with Crippen LogP contribution in [0.1, 0.15) is 46.9 Å². The van der Waals surface area contributed by atoms with Crippen molar-refractivity contribution in [1.82, 2.24) is 10.3 Å². The number of carbonyl (C=O) groups excluding carboxylic acids is 1. The maximum atomic E-state index is 12.3. The molecule has 3 N–H and O–H groups in total. The molecule has 0 saturated carbocycles. The van der Waals surface area contributed by atoms with Crippen molar-refractivity contribution in [3.05, 3.63) is 55.6 Å². The Balaban J connectivity index is 1.75. The molecule has 1 unspecified atom stereocenters. The molecule has 0 bridgehead atoms. The molecular weight excluding hydrogens is 312 g/mol. The Hall–Kier alpha value is -1.92. The maximum Gasteiger partial charge on any atom is 0.261 e. The first-order chi connectivity index (χ1) is 11.0. The topological polar surface area (TPSA) is 82.2 Å². The van der Waals surface area contributed by atoms with Gasteiger partial charge in [-0.15, -0.1) is 0 Å². The summed E-state index contributed by atoms with van der Waals surface area (Å²) in [6, 6.07) is 3.52. The van der Waals surface area contributed by atoms with Gasteiger partial charge in [-0.3, -0.25) is 9.59 Å². The average Bonchev–Trinajstić information content (AvgIpc) is 3.07. The summed E-state index contributed by atoms with van der Waals surface area (Å²) < 4.78 is 0. The van der Waals surface area contributed by atoms with Crippen LogP contribution in [0.15, 0.2) is 27.7 Å². The molecule has 2 aromatic heterocycles. The van der Waals surface area contributed by atoms with Gasteiger partial charge < -0.3 is 15.4 Å². The van der Waals surface area contributed by atoms with Crippen LogP contribution in [0.3, 0.4) is 0 Å². The van der Waals surface area contributed by atoms with Crippen LogP contribution in [0.2, 0.25) is 0 Å². The Morgan fingerprint density at radius 1 is 1.43 bits per heavy atom. The normalized spacial score (nSPS) is 16.4. The molecule has 1 aliphatic rings. The quantitative estimate of drug-likeness (QED) is 0.800. The summed E-state index contributed by atoms with van der Waals surface area (Å²) in [5.74, 6) is -0.449. The van der Waals surface area contributed by atoms with Crippen molar-refractivity contribution in [2.75, 3.05) is 6.54 Å². The van der Waals surface area contributed by atoms with Gasteiger partial charge in [0, 0.05) is 5.69 Å². The Morgan fingerprint density at radius 2 is 2.22 bits per heavy atom. The number of thiophene rings is 1. The van der Waals surface area contributed by atoms with Crippen LogP contribution in [0.25, 0.3) is 0 Å². The highest BCUT2D eigenvalue weighted by molar-refractivity contribution is 7.08. The zero-order valence-corrected chi connectivity index (χ0v) is 13.8. The average molecular weight is 332 g/mol. The second-order valence-corrected chi connectivity index (χ2v) is 6.97. The summed E-state index contributed by atoms with van der Waals surface area (Å²) in [4.78, 5) is 27.3. The fourth-order valence-electron chi connectivity index (χ4n) is 2.86. The molecular formula is C17H20N2O3S. The predicted octanol–water partition coefficient (Wildman–Crippen LogP) is 1.95. The molecule has 3 rings (SSSR count). The van der Waals surface area contributed by atoms with Crippen molar-refractivity contribution >= 4 is 17.2 Å². The molecule has 0 saturated heterocycles. The highest BCUT2D eigenvalue weighted by atomic mass is 32.1. The zero-order chi connectivity index (χ0) is 16.4. The third-order valence-corrected chi connectivity index (χ3v) is 5.00. The summed E-state index contributed by atoms with van der Waals surface area (Å²) in [5, 5.41) is 16.8. The number of aryl methyl sites for hydroxylation is 2. The van der Waals surface area contributed by atoms with E-state index < -0.39 is 11.5 Å². The number of aromatic amines is 1. The SMILES string of the molecule is CC(O)(CNC(=O)c1cc2c([nH]c1=O)CCCC2)c1ccsc1. The van der Waals surface area contributed by atoms with E-state index in [1.165, 1.54) is 11.3 Å². The lowest BCUT2D eigenvalue weighted by Crippen LogP contribution is -2.40. The van der Waals surface area contributed by atoms with Gasteiger partial charge in [0.2, 0.25) is 0 Å². The van der Waals surface area contributed by atoms with Gasteiger partial charge in [-0.25, -0.2) is 0 Å². The summed E-state index contributed by atoms with van der Waals surface area (Å²) in [7, 11) is 0. The van der Waals surface area contributed by atoms with E-state index in [4.69, 9.17) is 0 Å². The fourth-order valence-corrected chi connectivity index (χ4v) is 3.65. The van der Waals surface area contributed by atoms with Crippen LogP contribution in [0.5, 0.6) is 0 Å². The number of hydrogen-bond acceptors (Lipinski definition) is 4. The van der Waals surface area contributed by atoms with Gasteiger partial charge in [0.25, 0.3) is 11.5 Å². The van der Waals surface area contributed by atoms with Crippen molar-refractivity contribution in [2.45, 2.75) is 38.2 Å². The molecule has 0 fully saturated rings. The molecule has 0 aromatic carbocycles. The van der Waals surface area contributed by atoms with Gasteiger partial charge in [0.15, 0.2) is 0 Å². The second-order valence-electron chi connectivity index (χ2n) is 6.19. The number of nitrogens with one attached hydrogen (secondary N) is 2. The summed E-state index contributed by atoms with van der Waals surface area (Å²) in [5.41, 5.74) is 1.34. The molecule has 0 spiro atoms. The lowest BCUT2D eigenvalue weighted by atomic mass is 9.95. The van der Waals surface area contributed by atoms with E-state index in [0.29, 0.717) is 0 Å². The van der Waals surface area contributed by atoms with Crippen molar-refractivity contribution in [1.29, 1.82) is 0 Å². The van der Waals surface area contributed by atoms with Crippen LogP contribution in [0.4, 0.5) is 0 Å². The van der Waals surface area contributed by atoms with E-state index >= 15 is 0 Å². The standard InChI is InChI=1S/C17H20N2O3S/c1-17(22,12-6-7-23-9-12)10-18-15(20)13-8-11-4-2-3-5-14(11)19-16(13)21/h6-9,22H,2-5,10H2,1H3,(H,18,20)(H,19,21). The predicted molar refractivity (Wildman–Crippen MR) is 89.9 cm³/mol. The number of hydrogen-bond donors (Lipinski definition) is 3. The number of aromatic nitrogens is 1. The number of fused-ring (bicyclic) bond motifs is 1. The van der Waals surface area contributed by atoms with Crippen molar-refractivity contribution in [3.8, 4) is 0 Å². The van der Waals surface area contributed by atoms with Gasteiger partial charge in [-0.1, -0.05) is 0 Å². The van der Waals surface area contributed by atoms with E-state index in [1.54, 1.807) is 13.0 Å². The van der Waals surface area contributed by atoms with Gasteiger partial charge in [0.1, 0.15) is 11.2 Å². The highest BCUT2D eigenvalue weighted by Crippen LogP contribution is 2.22. The van der Waals surface area contributed by atoms with Crippen LogP contribution < -0.4 is 10.9 Å². The van der Waals surface area contributed by atoms with Crippen molar-refractivity contribution in [3.63, 3.8) is 0 Å². The van der Waals surface area contributed by atoms with Crippen molar-refractivity contribution in [2.24, 2.45) is 0 Å². The fraction of sp³-hybridized carbons (Fsp3) is 0.412. The Kier molecular flexibility index (Phi) is 4.37. The molecule has 122 valence electrons. The van der Waals surface area contributed by atoms with Gasteiger partial charge in [-0.2, -0.15) is 11.3 Å². The lowest BCUT2D eigenvalue weighted by molar-refractivity contribution is 0.0529. The molecule has 23 heavy (non-hydrogen) atoms. The summed E-state index contributed by atoms with van der Waals surface area (Å²) in [6.07, 6.45) is 3.89. The smallest absolute Gasteiger partial charge is 0.261 e. The van der Waals surface area contributed by atoms with Crippen LogP contribution in [-0.4, -0.2) is 22.5 Å². The van der Waals surface area contributed by atoms with Gasteiger partial charge in [0.05, 0.1) is 6.54 Å². The third kappa shape index (κ3) is 3.38. The first-order valence-electron chi connectivity index (χ1n) is 7.76. The minimum atomic E-state index is -1.16. The first kappa shape index (κ1) is 16.0. The van der Waals surface area contributed by atoms with E-state index in [2.05, 4.69) is 10.3 Å². The van der Waals surface area contributed by atoms with E-state index in [-0.39, 0.29) is 17.7 Å². The molecule has 1 aliphatic carbocycles. The second kappa shape index (κ2) is 6.29. The zero-order valence-electron chi connectivity index (χ0n) is 13.0. The van der Waals surface area contributed by atoms with Crippen LogP contribution in [-0.2, 0) is 18.4 Å². The maximum absolute atomic E-state index is 12.3. The highest BCUT2D eigenvalue weighted by Gasteiger charge is 2.25. The molecule has 0 aliphatic heterocycles. The molecule has 2 aromatic rings. The van der Waals surface area contributed by atoms with Gasteiger partial charge >= 0.3 is 0 Å². The molecule has 0 radical (unpaired) electrons. The lowest BCUT2D eigenvalue weighted by Gasteiger charge is -2.23. The van der Waals surface area contributed by atoms with Crippen molar-refractivity contribution < 1.29 is 9.90 Å². The Labute approximate surface area is 138 Å². The molecule has 2 heterocycles. The molecule has 6 heteroatoms. The summed E-state index contributed by atoms with van der Waals surface area (Å²) >= 11 is 1.49. The number of aliphatic hydroxyl groups is 1. The van der Waals surface area contributed by atoms with E-state index in [9.17, 15) is 14.7 Å². The van der Waals surface area contributed by atoms with E-state index in [1.807, 2.05) is 16.8 Å². The van der Waals surface area contributed by atoms with Gasteiger partial charge in [-0.05, 0) is 66.6 Å². The minimum Gasteiger partial charge on any atom is -0.384 e. The van der Waals surface area contributed by atoms with E-state index in [0.717, 1.165) is 42.5 Å². The number of pyridine rings is 1. The summed E-state index contributed by atoms with van der Waals surface area (Å²) in [6.45, 7) is 1.70. The molecule has 1 atom stereocenters. The number of H-pyrrole nitrogens is 1. The number of carbonyl (C=O) groups is 1. The Bertz CT molecular complexity index is 763. The largest absolute Gasteiger partial charge is 0.384 e. The number of amides is 1. The van der Waals surface area contributed by atoms with Crippen LogP contribution >= 0.6 is 11.3 Å². The molecule has 5 nitrogen and oxygen atoms in total. The molecule has 1 amide bonds. The third-order valence-electron chi connectivity index (χ3n) is 4.32. The van der Waals surface area contributed by atoms with Crippen LogP contribution in [0, 0.1) is 0 Å².